The molecule has 2 aliphatic heterocycles. The van der Waals surface area contributed by atoms with Crippen LogP contribution in [0.3, 0.4) is 0 Å². The first-order valence-corrected chi connectivity index (χ1v) is 27.9. The maximum absolute atomic E-state index is 2.88. The Kier molecular flexibility index (Phi) is 9.27. The Labute approximate surface area is 431 Å². The van der Waals surface area contributed by atoms with E-state index in [-0.39, 0.29) is 23.4 Å². The van der Waals surface area contributed by atoms with E-state index < -0.39 is 0 Å². The Bertz CT molecular complexity index is 3560. The van der Waals surface area contributed by atoms with Gasteiger partial charge < -0.3 is 14.4 Å². The van der Waals surface area contributed by atoms with E-state index >= 15 is 0 Å². The van der Waals surface area contributed by atoms with Gasteiger partial charge in [0.2, 0.25) is 0 Å². The van der Waals surface area contributed by atoms with Gasteiger partial charge in [0.1, 0.15) is 0 Å². The highest BCUT2D eigenvalue weighted by Gasteiger charge is 2.57. The Morgan fingerprint density at radius 3 is 2.40 bits per heavy atom. The molecule has 0 spiro atoms. The average molecular weight is 946 g/mol. The van der Waals surface area contributed by atoms with Crippen molar-refractivity contribution in [3.63, 3.8) is 0 Å². The minimum atomic E-state index is 0.0407. The molecule has 11 aliphatic rings. The topological polar surface area (TPSA) is 11.4 Å². The second-order valence-electron chi connectivity index (χ2n) is 23.3. The van der Waals surface area contributed by atoms with Gasteiger partial charge in [-0.25, -0.2) is 0 Å². The number of fused-ring (bicyclic) bond motifs is 9. The highest BCUT2D eigenvalue weighted by Crippen LogP contribution is 2.64. The number of anilines is 2. The van der Waals surface area contributed by atoms with E-state index in [0.29, 0.717) is 29.7 Å². The van der Waals surface area contributed by atoms with Crippen LogP contribution in [0, 0.1) is 11.8 Å². The Morgan fingerprint density at radius 1 is 0.712 bits per heavy atom. The van der Waals surface area contributed by atoms with Crippen LogP contribution in [0.2, 0.25) is 0 Å². The molecule has 0 amide bonds. The van der Waals surface area contributed by atoms with E-state index in [4.69, 9.17) is 0 Å². The molecule has 9 aliphatic carbocycles. The van der Waals surface area contributed by atoms with E-state index in [1.165, 1.54) is 96.2 Å². The van der Waals surface area contributed by atoms with Crippen LogP contribution in [0.1, 0.15) is 145 Å². The van der Waals surface area contributed by atoms with E-state index in [1.807, 2.05) is 0 Å². The molecule has 1 aromatic heterocycles. The van der Waals surface area contributed by atoms with Crippen molar-refractivity contribution < 1.29 is 0 Å². The van der Waals surface area contributed by atoms with Crippen LogP contribution in [0.5, 0.6) is 0 Å². The van der Waals surface area contributed by atoms with Gasteiger partial charge in [-0.15, -0.1) is 0 Å². The van der Waals surface area contributed by atoms with Gasteiger partial charge in [-0.3, -0.25) is 0 Å². The number of allylic oxidation sites excluding steroid dienone is 16. The average Bonchev–Trinajstić information content (AvgIpc) is 3.80. The lowest BCUT2D eigenvalue weighted by Gasteiger charge is -2.36. The number of hydrogen-bond acceptors (Lipinski definition) is 2. The monoisotopic (exact) mass is 946 g/mol. The zero-order valence-electron chi connectivity index (χ0n) is 42.2. The SMILES string of the molecule is CC1(C)C2=CC3C(C=C2c2ccccc21)C3N(C1=CCC(c2ccc(N3c4c5c(cc6c4C4c7c(c(-c8ccccc8)c(C8=CCCC=C8)n7C7C=CCCC67)C=CC43)C=CCC5)cc2)C=C1)C1=CC=CCC1. The highest BCUT2D eigenvalue weighted by atomic mass is 15.2. The number of nitrogens with zero attached hydrogens (tertiary/aromatic N) is 3. The van der Waals surface area contributed by atoms with Crippen molar-refractivity contribution in [2.75, 3.05) is 4.90 Å². The van der Waals surface area contributed by atoms with Gasteiger partial charge in [0.05, 0.1) is 23.7 Å². The molecule has 1 saturated carbocycles. The molecule has 0 saturated heterocycles. The molecule has 8 atom stereocenters. The molecule has 4 aromatic carbocycles. The van der Waals surface area contributed by atoms with Gasteiger partial charge in [-0.05, 0) is 143 Å². The maximum atomic E-state index is 2.88. The summed E-state index contributed by atoms with van der Waals surface area (Å²) in [7, 11) is 0. The molecule has 73 heavy (non-hydrogen) atoms. The highest BCUT2D eigenvalue weighted by molar-refractivity contribution is 5.95. The lowest BCUT2D eigenvalue weighted by molar-refractivity contribution is 0.389. The smallest absolute Gasteiger partial charge is 0.0650 e. The second kappa shape index (κ2) is 15.9. The van der Waals surface area contributed by atoms with Gasteiger partial charge in [0, 0.05) is 74.7 Å². The van der Waals surface area contributed by atoms with Crippen molar-refractivity contribution in [2.24, 2.45) is 11.8 Å². The second-order valence-corrected chi connectivity index (χ2v) is 23.3. The molecule has 0 bridgehead atoms. The van der Waals surface area contributed by atoms with E-state index in [1.54, 1.807) is 16.7 Å². The van der Waals surface area contributed by atoms with E-state index in [9.17, 15) is 0 Å². The largest absolute Gasteiger partial charge is 0.341 e. The fourth-order valence-electron chi connectivity index (χ4n) is 15.9. The van der Waals surface area contributed by atoms with Crippen molar-refractivity contribution in [1.29, 1.82) is 0 Å². The van der Waals surface area contributed by atoms with Crippen molar-refractivity contribution in [3.05, 3.63) is 249 Å². The lowest BCUT2D eigenvalue weighted by atomic mass is 9.75. The van der Waals surface area contributed by atoms with Crippen LogP contribution in [0.4, 0.5) is 11.4 Å². The molecule has 16 rings (SSSR count). The molecule has 3 heteroatoms. The van der Waals surface area contributed by atoms with E-state index in [0.717, 1.165) is 51.4 Å². The summed E-state index contributed by atoms with van der Waals surface area (Å²) in [5, 5.41) is 0. The van der Waals surface area contributed by atoms with Crippen LogP contribution in [0.15, 0.2) is 193 Å². The molecule has 0 N–H and O–H groups in total. The minimum absolute atomic E-state index is 0.0407. The Morgan fingerprint density at radius 2 is 1.56 bits per heavy atom. The molecule has 1 fully saturated rings. The van der Waals surface area contributed by atoms with Crippen LogP contribution in [0.25, 0.3) is 34.4 Å². The zero-order valence-corrected chi connectivity index (χ0v) is 42.2. The first kappa shape index (κ1) is 42.4. The van der Waals surface area contributed by atoms with Gasteiger partial charge in [0.25, 0.3) is 0 Å². The molecule has 5 aromatic rings. The summed E-state index contributed by atoms with van der Waals surface area (Å²) in [6, 6.07) is 33.9. The summed E-state index contributed by atoms with van der Waals surface area (Å²) in [6.07, 6.45) is 52.2. The van der Waals surface area contributed by atoms with Crippen LogP contribution < -0.4 is 4.90 Å². The van der Waals surface area contributed by atoms with Crippen molar-refractivity contribution in [3.8, 4) is 11.1 Å². The molecule has 3 nitrogen and oxygen atoms in total. The standard InChI is InChI=1S/C70H63N3/c1-70(2)59-28-16-14-26-52(59)55-41-57-58(42-60(55)70)67(57)71(48-23-10-5-11-24-48)49-34-30-43(31-35-49)44-32-36-50(37-33-44)72-62-39-38-54-63(45-18-6-3-7-19-45)66(46-20-8-4-9-21-46)73-61-29-17-15-27-53(61)56-40-47-22-12-13-25-51(47)68(72)64(56)65(62)69(54)73/h3,5-8,10,12,14,16-23,26,28-30,32-43,53,57-58,61-62,65,67H,4,9,11,13,15,24-25,27,31H2,1-2H3. The number of hydrogen-bond donors (Lipinski definition) is 0. The van der Waals surface area contributed by atoms with Gasteiger partial charge in [0.15, 0.2) is 0 Å². The first-order valence-electron chi connectivity index (χ1n) is 27.9. The summed E-state index contributed by atoms with van der Waals surface area (Å²) >= 11 is 0. The summed E-state index contributed by atoms with van der Waals surface area (Å²) < 4.78 is 2.88. The Balaban J connectivity index is 0.764. The zero-order chi connectivity index (χ0) is 48.1. The minimum Gasteiger partial charge on any atom is -0.341 e. The predicted octanol–water partition coefficient (Wildman–Crippen LogP) is 16.9. The van der Waals surface area contributed by atoms with Gasteiger partial charge >= 0.3 is 0 Å². The van der Waals surface area contributed by atoms with Crippen LogP contribution in [-0.4, -0.2) is 21.6 Å². The summed E-state index contributed by atoms with van der Waals surface area (Å²) in [6.45, 7) is 4.85. The fraction of sp³-hybridized carbons (Fsp3) is 0.286. The predicted molar refractivity (Wildman–Crippen MR) is 303 cm³/mol. The first-order chi connectivity index (χ1) is 36.0. The molecular weight excluding hydrogens is 883 g/mol. The van der Waals surface area contributed by atoms with Gasteiger partial charge in [-0.1, -0.05) is 178 Å². The van der Waals surface area contributed by atoms with Crippen molar-refractivity contribution in [2.45, 2.75) is 113 Å². The summed E-state index contributed by atoms with van der Waals surface area (Å²) in [5.41, 5.74) is 27.7. The fourth-order valence-corrected chi connectivity index (χ4v) is 15.9. The maximum Gasteiger partial charge on any atom is 0.0650 e. The van der Waals surface area contributed by atoms with E-state index in [2.05, 4.69) is 216 Å². The summed E-state index contributed by atoms with van der Waals surface area (Å²) in [5.74, 6) is 2.04. The van der Waals surface area contributed by atoms with Crippen molar-refractivity contribution in [1.82, 2.24) is 9.47 Å². The van der Waals surface area contributed by atoms with Gasteiger partial charge in [-0.2, -0.15) is 0 Å². The quantitative estimate of drug-likeness (QED) is 0.151. The third kappa shape index (κ3) is 6.12. The third-order valence-corrected chi connectivity index (χ3v) is 19.2. The molecule has 358 valence electrons. The summed E-state index contributed by atoms with van der Waals surface area (Å²) in [4.78, 5) is 5.55. The number of aromatic nitrogens is 1. The Hall–Kier alpha value is -7.10. The lowest BCUT2D eigenvalue weighted by Crippen LogP contribution is -2.32. The third-order valence-electron chi connectivity index (χ3n) is 19.2. The molecule has 0 radical (unpaired) electrons. The molecule has 8 unspecified atom stereocenters. The molecular formula is C70H63N3. The van der Waals surface area contributed by atoms with Crippen LogP contribution >= 0.6 is 0 Å². The number of benzene rings is 4. The van der Waals surface area contributed by atoms with Crippen LogP contribution in [-0.2, 0) is 11.8 Å². The van der Waals surface area contributed by atoms with Crippen molar-refractivity contribution >= 4 is 34.7 Å². The molecule has 3 heterocycles. The number of rotatable bonds is 7. The normalized spacial score (nSPS) is 28.4.